The number of nitrogen functional groups attached to an aromatic ring is 3. The molecule has 6 aromatic carbocycles. The summed E-state index contributed by atoms with van der Waals surface area (Å²) in [4.78, 5) is 99.0. The molecule has 0 bridgehead atoms. The summed E-state index contributed by atoms with van der Waals surface area (Å²) in [6.45, 7) is 10.1. The Hall–Kier alpha value is -12.6. The van der Waals surface area contributed by atoms with Crippen LogP contribution < -0.4 is 42.2 Å². The summed E-state index contributed by atoms with van der Waals surface area (Å²) in [7, 11) is -9.82. The lowest BCUT2D eigenvalue weighted by molar-refractivity contribution is -0.116. The van der Waals surface area contributed by atoms with Gasteiger partial charge >= 0.3 is 15.6 Å². The number of hydrogen-bond acceptors (Lipinski definition) is 23. The summed E-state index contributed by atoms with van der Waals surface area (Å²) >= 11 is 0. The lowest BCUT2D eigenvalue weighted by Crippen LogP contribution is -2.25. The van der Waals surface area contributed by atoms with E-state index >= 15 is 0 Å². The second-order valence-electron chi connectivity index (χ2n) is 27.6. The molecule has 0 saturated carbocycles. The molecule has 35 heteroatoms. The number of aryl methyl sites for hydroxylation is 3. The molecule has 0 aliphatic rings. The molecule has 12 rings (SSSR count). The average molecular weight is 1660 g/mol. The minimum Gasteiger partial charge on any atom is -0.508 e. The first-order chi connectivity index (χ1) is 57.1. The van der Waals surface area contributed by atoms with E-state index in [0.717, 1.165) is 112 Å². The van der Waals surface area contributed by atoms with E-state index in [-0.39, 0.29) is 53.5 Å². The minimum atomic E-state index is -4.94. The highest BCUT2D eigenvalue weighted by Crippen LogP contribution is 2.46. The van der Waals surface area contributed by atoms with Gasteiger partial charge in [-0.1, -0.05) is 82.5 Å². The number of anilines is 3. The quantitative estimate of drug-likeness (QED) is 0.00745. The number of nitrogens with two attached hydrogens (primary N) is 3. The molecule has 119 heavy (non-hydrogen) atoms. The van der Waals surface area contributed by atoms with Gasteiger partial charge in [-0.3, -0.25) is 34.0 Å². The Balaban J connectivity index is 0.000000188. The van der Waals surface area contributed by atoms with Gasteiger partial charge in [-0.15, -0.1) is 19.3 Å². The number of rotatable bonds is 37. The summed E-state index contributed by atoms with van der Waals surface area (Å²) in [5.41, 5.74) is 29.4. The number of unbranched alkanes of at least 4 members (excludes halogenated alkanes) is 3. The van der Waals surface area contributed by atoms with Gasteiger partial charge in [0.15, 0.2) is 40.5 Å². The van der Waals surface area contributed by atoms with Crippen molar-refractivity contribution in [3.8, 4) is 71.5 Å². The second-order valence-corrected chi connectivity index (χ2v) is 29.9. The molecule has 0 spiro atoms. The predicted octanol–water partition coefficient (Wildman–Crippen LogP) is 9.36. The number of ether oxygens (including phenoxy) is 3. The summed E-state index contributed by atoms with van der Waals surface area (Å²) in [5, 5.41) is 51.8. The Morgan fingerprint density at radius 1 is 0.437 bits per heavy atom. The number of carbonyl (C=O) groups is 3. The molecule has 0 atom stereocenters. The SMILES string of the molecule is C#CC(=O)NCCOCCc1ccc2nc(N)c3nc(CCCC)n(Cc4cc(O)ccc4O)c3c2c1.C#CC(=O)NCCOCCc1ccc2nc(N)c3nc(CCCC)n(Cc4cccc(O)c4OP(=O)(O)O)c3c2c1.C#CC(=O)NCCOCCc1ccc2nc(N)c3nc(CCCC)n(Cc4cccc(OP(=O)(O)O)c4O)c3c2c1. The largest absolute Gasteiger partial charge is 0.524 e. The van der Waals surface area contributed by atoms with Crippen LogP contribution in [0.2, 0.25) is 0 Å². The smallest absolute Gasteiger partial charge is 0.508 e. The molecule has 17 N–H and O–H groups in total. The zero-order valence-electron chi connectivity index (χ0n) is 65.9. The third-order valence-corrected chi connectivity index (χ3v) is 19.9. The number of phosphoric ester groups is 2. The number of amides is 3. The van der Waals surface area contributed by atoms with Gasteiger partial charge in [0, 0.05) is 71.7 Å². The topological polar surface area (TPSA) is 500 Å². The van der Waals surface area contributed by atoms with Crippen LogP contribution in [-0.4, -0.2) is 161 Å². The summed E-state index contributed by atoms with van der Waals surface area (Å²) < 4.78 is 55.5. The molecular formula is C84H95N15O18P2. The first-order valence-corrected chi connectivity index (χ1v) is 41.5. The van der Waals surface area contributed by atoms with Crippen LogP contribution in [0.25, 0.3) is 65.8 Å². The molecule has 0 unspecified atom stereocenters. The number of nitrogens with zero attached hydrogens (tertiary/aromatic N) is 9. The zero-order chi connectivity index (χ0) is 85.5. The maximum Gasteiger partial charge on any atom is 0.524 e. The molecule has 0 fully saturated rings. The van der Waals surface area contributed by atoms with E-state index in [0.29, 0.717) is 154 Å². The molecule has 3 amide bonds. The number of nitrogens with one attached hydrogen (secondary N) is 3. The van der Waals surface area contributed by atoms with E-state index in [1.165, 1.54) is 24.3 Å². The Morgan fingerprint density at radius 2 is 0.807 bits per heavy atom. The Kier molecular flexibility index (Phi) is 31.0. The van der Waals surface area contributed by atoms with Crippen LogP contribution in [0.15, 0.2) is 109 Å². The number of phenols is 4. The lowest BCUT2D eigenvalue weighted by atomic mass is 10.1. The highest BCUT2D eigenvalue weighted by molar-refractivity contribution is 7.47. The van der Waals surface area contributed by atoms with Crippen molar-refractivity contribution >= 4 is 117 Å². The molecule has 12 aromatic rings. The van der Waals surface area contributed by atoms with E-state index in [1.807, 2.05) is 75.4 Å². The molecule has 0 aliphatic heterocycles. The van der Waals surface area contributed by atoms with Crippen LogP contribution in [0.3, 0.4) is 0 Å². The van der Waals surface area contributed by atoms with E-state index in [4.69, 9.17) is 70.2 Å². The van der Waals surface area contributed by atoms with Crippen LogP contribution in [0.4, 0.5) is 17.5 Å². The van der Waals surface area contributed by atoms with Gasteiger partial charge in [-0.2, -0.15) is 0 Å². The molecular weight excluding hydrogens is 1570 g/mol. The van der Waals surface area contributed by atoms with E-state index < -0.39 is 39.1 Å². The summed E-state index contributed by atoms with van der Waals surface area (Å²) in [6.07, 6.45) is 24.5. The third kappa shape index (κ3) is 23.6. The number of fused-ring (bicyclic) bond motifs is 9. The predicted molar refractivity (Wildman–Crippen MR) is 452 cm³/mol. The Morgan fingerprint density at radius 3 is 1.18 bits per heavy atom. The Labute approximate surface area is 685 Å². The number of para-hydroxylation sites is 2. The molecule has 624 valence electrons. The molecule has 0 radical (unpaired) electrons. The highest BCUT2D eigenvalue weighted by Gasteiger charge is 2.27. The van der Waals surface area contributed by atoms with Crippen LogP contribution in [0, 0.1) is 37.0 Å². The first kappa shape index (κ1) is 88.8. The Bertz CT molecular complexity index is 5920. The van der Waals surface area contributed by atoms with Crippen LogP contribution >= 0.6 is 15.6 Å². The number of pyridine rings is 3. The number of terminal acetylenes is 3. The number of imidazole rings is 3. The number of phosphoric acid groups is 2. The van der Waals surface area contributed by atoms with Crippen molar-refractivity contribution in [2.45, 2.75) is 117 Å². The third-order valence-electron chi connectivity index (χ3n) is 19.0. The molecule has 33 nitrogen and oxygen atoms in total. The van der Waals surface area contributed by atoms with Crippen molar-refractivity contribution in [1.82, 2.24) is 59.6 Å². The van der Waals surface area contributed by atoms with Gasteiger partial charge in [0.25, 0.3) is 17.7 Å². The molecule has 0 aliphatic carbocycles. The fraction of sp³-hybridized carbons (Fsp3) is 0.321. The van der Waals surface area contributed by atoms with Crippen LogP contribution in [-0.2, 0) is 95.9 Å². The van der Waals surface area contributed by atoms with Crippen molar-refractivity contribution in [3.63, 3.8) is 0 Å². The van der Waals surface area contributed by atoms with Crippen molar-refractivity contribution in [2.75, 3.05) is 76.5 Å². The second kappa shape index (κ2) is 41.5. The summed E-state index contributed by atoms with van der Waals surface area (Å²) in [5.74, 6) is 6.55. The zero-order valence-corrected chi connectivity index (χ0v) is 67.7. The van der Waals surface area contributed by atoms with Gasteiger partial charge in [0.05, 0.1) is 92.4 Å². The molecule has 6 aromatic heterocycles. The van der Waals surface area contributed by atoms with E-state index in [2.05, 4.69) is 66.8 Å². The van der Waals surface area contributed by atoms with Crippen molar-refractivity contribution in [1.29, 1.82) is 0 Å². The fourth-order valence-corrected chi connectivity index (χ4v) is 14.2. The van der Waals surface area contributed by atoms with Gasteiger partial charge in [0.2, 0.25) is 0 Å². The monoisotopic (exact) mass is 1660 g/mol. The number of carbonyl (C=O) groups excluding carboxylic acids is 3. The highest BCUT2D eigenvalue weighted by atomic mass is 31.2. The minimum absolute atomic E-state index is 0.0829. The maximum atomic E-state index is 11.7. The van der Waals surface area contributed by atoms with E-state index in [9.17, 15) is 63.5 Å². The lowest BCUT2D eigenvalue weighted by Gasteiger charge is -2.16. The van der Waals surface area contributed by atoms with E-state index in [1.54, 1.807) is 30.3 Å². The van der Waals surface area contributed by atoms with Crippen LogP contribution in [0.1, 0.15) is 110 Å². The first-order valence-electron chi connectivity index (χ1n) is 38.4. The van der Waals surface area contributed by atoms with Gasteiger partial charge in [-0.25, -0.2) is 39.0 Å². The fourth-order valence-electron chi connectivity index (χ4n) is 13.3. The van der Waals surface area contributed by atoms with Gasteiger partial charge < -0.3 is 90.5 Å². The summed E-state index contributed by atoms with van der Waals surface area (Å²) in [6, 6.07) is 31.1. The molecule has 0 saturated heterocycles. The number of hydrogen-bond donors (Lipinski definition) is 14. The standard InChI is InChI=1S/2C28H32N5O7P.C28H31N5O4/c1-3-5-9-23-32-25-26(33(23)17-19-7-6-8-22(27(19)35)40-41(36,37)38)20-16-18(10-11-21(20)31-28(25)29)12-14-39-15-13-30-24(34)4-2;1-3-5-9-23-32-25-26(33(23)17-19-7-6-8-22(34)27(19)40-41(36,37)38)20-16-18(10-11-21(20)31-28(25)29)12-14-39-15-13-30-24(35)4-2;1-3-5-6-24-32-26-27(33(24)17-19-16-20(34)8-10-23(19)35)21-15-18(7-9-22(21)31-28(26)29)11-13-37-14-12-30-25(36)4-2/h2,6-8,10-11,16,35H,3,5,9,12-15,17H2,1H3,(H2,29,31)(H,30,34)(H2,36,37,38);2,6-8,10-11,16,34H,3,5,9,12-15,17H2,1H3,(H2,29,31)(H,30,35)(H2,36,37,38);2,7-10,15-16,34-35H,3,5-6,11-14,17H2,1H3,(H2,29,31)(H,30,36). The number of phenolic OH excluding ortho intramolecular Hbond substituents is 4. The number of aromatic hydroxyl groups is 4. The van der Waals surface area contributed by atoms with Crippen molar-refractivity contribution in [3.05, 3.63) is 160 Å². The van der Waals surface area contributed by atoms with Crippen molar-refractivity contribution in [2.24, 2.45) is 0 Å². The normalized spacial score (nSPS) is 11.4. The van der Waals surface area contributed by atoms with Crippen molar-refractivity contribution < 1.29 is 86.8 Å². The number of aromatic nitrogens is 9. The van der Waals surface area contributed by atoms with Gasteiger partial charge in [0.1, 0.15) is 45.5 Å². The van der Waals surface area contributed by atoms with Gasteiger partial charge in [-0.05, 0) is 140 Å². The van der Waals surface area contributed by atoms with Crippen LogP contribution in [0.5, 0.6) is 34.5 Å². The average Bonchev–Trinajstić information content (AvgIpc) is 1.62. The maximum absolute atomic E-state index is 11.7. The molecule has 6 heterocycles. The number of benzene rings is 6.